The lowest BCUT2D eigenvalue weighted by Crippen LogP contribution is -2.40. The zero-order chi connectivity index (χ0) is 13.8. The van der Waals surface area contributed by atoms with Crippen LogP contribution in [0.1, 0.15) is 29.4 Å². The van der Waals surface area contributed by atoms with Crippen LogP contribution in [0.25, 0.3) is 10.1 Å². The number of benzene rings is 1. The molecule has 19 heavy (non-hydrogen) atoms. The second kappa shape index (κ2) is 5.84. The molecule has 0 aliphatic carbocycles. The van der Waals surface area contributed by atoms with Crippen LogP contribution in [0.4, 0.5) is 0 Å². The summed E-state index contributed by atoms with van der Waals surface area (Å²) in [6.07, 6.45) is 1.15. The number of carboxylic acid groups (broad SMARTS) is 1. The van der Waals surface area contributed by atoms with Crippen molar-refractivity contribution < 1.29 is 14.7 Å². The van der Waals surface area contributed by atoms with Gasteiger partial charge >= 0.3 is 5.97 Å². The lowest BCUT2D eigenvalue weighted by atomic mass is 10.1. The third-order valence-electron chi connectivity index (χ3n) is 2.83. The van der Waals surface area contributed by atoms with Crippen LogP contribution in [-0.2, 0) is 4.79 Å². The van der Waals surface area contributed by atoms with Gasteiger partial charge in [0.1, 0.15) is 6.04 Å². The van der Waals surface area contributed by atoms with E-state index in [0.717, 1.165) is 10.1 Å². The number of amides is 1. The molecule has 0 aliphatic rings. The monoisotopic (exact) mass is 277 g/mol. The van der Waals surface area contributed by atoms with E-state index < -0.39 is 12.0 Å². The first-order chi connectivity index (χ1) is 9.11. The Morgan fingerprint density at radius 1 is 1.37 bits per heavy atom. The number of rotatable bonds is 5. The molecule has 2 N–H and O–H groups in total. The number of aliphatic carboxylic acids is 1. The zero-order valence-corrected chi connectivity index (χ0v) is 11.4. The van der Waals surface area contributed by atoms with Crippen molar-refractivity contribution >= 4 is 33.3 Å². The molecule has 0 aliphatic heterocycles. The summed E-state index contributed by atoms with van der Waals surface area (Å²) in [7, 11) is 0. The number of carbonyl (C=O) groups excluding carboxylic acids is 1. The fourth-order valence-corrected chi connectivity index (χ4v) is 2.84. The van der Waals surface area contributed by atoms with E-state index >= 15 is 0 Å². The van der Waals surface area contributed by atoms with Crippen LogP contribution in [0.2, 0.25) is 0 Å². The van der Waals surface area contributed by atoms with E-state index in [1.54, 1.807) is 6.07 Å². The number of hydrogen-bond donors (Lipinski definition) is 2. The smallest absolute Gasteiger partial charge is 0.326 e. The predicted molar refractivity (Wildman–Crippen MR) is 75.6 cm³/mol. The SMILES string of the molecule is CCC[C@H](NC(=O)c1cc2ccccc2s1)C(=O)O. The second-order valence-electron chi connectivity index (χ2n) is 4.30. The van der Waals surface area contributed by atoms with Gasteiger partial charge in [-0.1, -0.05) is 31.5 Å². The number of fused-ring (bicyclic) bond motifs is 1. The van der Waals surface area contributed by atoms with Crippen molar-refractivity contribution in [3.8, 4) is 0 Å². The van der Waals surface area contributed by atoms with Crippen molar-refractivity contribution in [2.45, 2.75) is 25.8 Å². The van der Waals surface area contributed by atoms with Crippen LogP contribution in [0.5, 0.6) is 0 Å². The van der Waals surface area contributed by atoms with Gasteiger partial charge in [-0.2, -0.15) is 0 Å². The fourth-order valence-electron chi connectivity index (χ4n) is 1.87. The number of nitrogens with one attached hydrogen (secondary N) is 1. The highest BCUT2D eigenvalue weighted by Gasteiger charge is 2.20. The van der Waals surface area contributed by atoms with Crippen LogP contribution < -0.4 is 5.32 Å². The van der Waals surface area contributed by atoms with Gasteiger partial charge in [0, 0.05) is 4.70 Å². The van der Waals surface area contributed by atoms with Gasteiger partial charge in [-0.3, -0.25) is 4.79 Å². The van der Waals surface area contributed by atoms with Crippen LogP contribution in [0.3, 0.4) is 0 Å². The molecular weight excluding hydrogens is 262 g/mol. The molecule has 0 bridgehead atoms. The normalized spacial score (nSPS) is 12.3. The highest BCUT2D eigenvalue weighted by Crippen LogP contribution is 2.25. The number of hydrogen-bond acceptors (Lipinski definition) is 3. The molecule has 0 saturated heterocycles. The number of carboxylic acids is 1. The Kier molecular flexibility index (Phi) is 4.16. The van der Waals surface area contributed by atoms with Crippen molar-refractivity contribution in [1.29, 1.82) is 0 Å². The summed E-state index contributed by atoms with van der Waals surface area (Å²) in [5.74, 6) is -1.31. The average Bonchev–Trinajstić information content (AvgIpc) is 2.81. The first-order valence-electron chi connectivity index (χ1n) is 6.14. The van der Waals surface area contributed by atoms with E-state index in [9.17, 15) is 9.59 Å². The van der Waals surface area contributed by atoms with Gasteiger partial charge < -0.3 is 10.4 Å². The molecule has 0 radical (unpaired) electrons. The molecule has 1 heterocycles. The van der Waals surface area contributed by atoms with Gasteiger partial charge in [-0.15, -0.1) is 11.3 Å². The molecule has 0 saturated carbocycles. The summed E-state index contributed by atoms with van der Waals surface area (Å²) in [6.45, 7) is 1.89. The van der Waals surface area contributed by atoms with E-state index in [1.165, 1.54) is 11.3 Å². The highest BCUT2D eigenvalue weighted by atomic mass is 32.1. The maximum atomic E-state index is 12.0. The summed E-state index contributed by atoms with van der Waals surface area (Å²) in [5, 5.41) is 12.6. The van der Waals surface area contributed by atoms with Crippen LogP contribution >= 0.6 is 11.3 Å². The first kappa shape index (κ1) is 13.5. The van der Waals surface area contributed by atoms with E-state index in [4.69, 9.17) is 5.11 Å². The molecule has 1 aromatic heterocycles. The maximum Gasteiger partial charge on any atom is 0.326 e. The molecule has 1 aromatic carbocycles. The molecule has 1 atom stereocenters. The fraction of sp³-hybridized carbons (Fsp3) is 0.286. The van der Waals surface area contributed by atoms with E-state index in [1.807, 2.05) is 31.2 Å². The molecule has 100 valence electrons. The van der Waals surface area contributed by atoms with Crippen LogP contribution in [0, 0.1) is 0 Å². The summed E-state index contributed by atoms with van der Waals surface area (Å²) >= 11 is 1.37. The Hall–Kier alpha value is -1.88. The van der Waals surface area contributed by atoms with Gasteiger partial charge in [0.2, 0.25) is 0 Å². The Morgan fingerprint density at radius 3 is 2.74 bits per heavy atom. The zero-order valence-electron chi connectivity index (χ0n) is 10.6. The summed E-state index contributed by atoms with van der Waals surface area (Å²) < 4.78 is 1.02. The summed E-state index contributed by atoms with van der Waals surface area (Å²) in [5.41, 5.74) is 0. The minimum Gasteiger partial charge on any atom is -0.480 e. The predicted octanol–water partition coefficient (Wildman–Crippen LogP) is 2.88. The van der Waals surface area contributed by atoms with Crippen molar-refractivity contribution in [3.05, 3.63) is 35.2 Å². The Balaban J connectivity index is 2.16. The van der Waals surface area contributed by atoms with Crippen molar-refractivity contribution in [1.82, 2.24) is 5.32 Å². The summed E-state index contributed by atoms with van der Waals surface area (Å²) in [6, 6.07) is 8.68. The molecule has 0 spiro atoms. The van der Waals surface area contributed by atoms with Gasteiger partial charge in [-0.05, 0) is 23.9 Å². The molecule has 5 heteroatoms. The minimum atomic E-state index is -0.990. The first-order valence-corrected chi connectivity index (χ1v) is 6.95. The maximum absolute atomic E-state index is 12.0. The van der Waals surface area contributed by atoms with Gasteiger partial charge in [-0.25, -0.2) is 4.79 Å². The standard InChI is InChI=1S/C14H15NO3S/c1-2-5-10(14(17)18)15-13(16)12-8-9-6-3-4-7-11(9)19-12/h3-4,6-8,10H,2,5H2,1H3,(H,15,16)(H,17,18)/t10-/m0/s1. The van der Waals surface area contributed by atoms with Gasteiger partial charge in [0.15, 0.2) is 0 Å². The third kappa shape index (κ3) is 3.12. The largest absolute Gasteiger partial charge is 0.480 e. The Morgan fingerprint density at radius 2 is 2.11 bits per heavy atom. The van der Waals surface area contributed by atoms with Gasteiger partial charge in [0.25, 0.3) is 5.91 Å². The molecule has 2 rings (SSSR count). The minimum absolute atomic E-state index is 0.318. The number of thiophene rings is 1. The Bertz CT molecular complexity index is 573. The molecule has 1 amide bonds. The quantitative estimate of drug-likeness (QED) is 0.883. The summed E-state index contributed by atoms with van der Waals surface area (Å²) in [4.78, 5) is 23.6. The molecule has 0 unspecified atom stereocenters. The molecule has 4 nitrogen and oxygen atoms in total. The lowest BCUT2D eigenvalue weighted by molar-refractivity contribution is -0.139. The average molecular weight is 277 g/mol. The lowest BCUT2D eigenvalue weighted by Gasteiger charge is -2.12. The van der Waals surface area contributed by atoms with Gasteiger partial charge in [0.05, 0.1) is 4.88 Å². The Labute approximate surface area is 115 Å². The number of carbonyl (C=O) groups is 2. The topological polar surface area (TPSA) is 66.4 Å². The highest BCUT2D eigenvalue weighted by molar-refractivity contribution is 7.20. The van der Waals surface area contributed by atoms with Crippen molar-refractivity contribution in [2.75, 3.05) is 0 Å². The second-order valence-corrected chi connectivity index (χ2v) is 5.39. The van der Waals surface area contributed by atoms with Crippen molar-refractivity contribution in [2.24, 2.45) is 0 Å². The van der Waals surface area contributed by atoms with E-state index in [0.29, 0.717) is 17.7 Å². The molecular formula is C14H15NO3S. The third-order valence-corrected chi connectivity index (χ3v) is 3.94. The van der Waals surface area contributed by atoms with Crippen molar-refractivity contribution in [3.63, 3.8) is 0 Å². The van der Waals surface area contributed by atoms with Crippen LogP contribution in [-0.4, -0.2) is 23.0 Å². The van der Waals surface area contributed by atoms with E-state index in [-0.39, 0.29) is 5.91 Å². The molecule has 0 fully saturated rings. The van der Waals surface area contributed by atoms with E-state index in [2.05, 4.69) is 5.32 Å². The molecule has 2 aromatic rings. The van der Waals surface area contributed by atoms with Crippen LogP contribution in [0.15, 0.2) is 30.3 Å².